The Labute approximate surface area is 110 Å². The molecule has 0 spiro atoms. The summed E-state index contributed by atoms with van der Waals surface area (Å²) < 4.78 is 0. The van der Waals surface area contributed by atoms with Crippen LogP contribution in [0.5, 0.6) is 0 Å². The molecule has 2 rings (SSSR count). The van der Waals surface area contributed by atoms with E-state index < -0.39 is 0 Å². The Balaban J connectivity index is 2.38. The Morgan fingerprint density at radius 2 is 1.94 bits per heavy atom. The second-order valence-corrected chi connectivity index (χ2v) is 5.33. The van der Waals surface area contributed by atoms with Crippen molar-refractivity contribution in [1.82, 2.24) is 5.32 Å². The molecule has 0 aromatic heterocycles. The number of nitrogens with one attached hydrogen (secondary N) is 1. The van der Waals surface area contributed by atoms with Crippen molar-refractivity contribution in [2.45, 2.75) is 33.2 Å². The molecule has 0 amide bonds. The van der Waals surface area contributed by atoms with Crippen LogP contribution < -0.4 is 10.2 Å². The maximum absolute atomic E-state index is 9.60. The molecule has 1 aliphatic rings. The van der Waals surface area contributed by atoms with E-state index in [1.807, 2.05) is 0 Å². The molecule has 0 saturated carbocycles. The number of aliphatic hydroxyl groups excluding tert-OH is 1. The van der Waals surface area contributed by atoms with Crippen LogP contribution in [0.3, 0.4) is 0 Å². The normalized spacial score (nSPS) is 20.9. The van der Waals surface area contributed by atoms with Crippen LogP contribution in [-0.2, 0) is 0 Å². The van der Waals surface area contributed by atoms with Crippen LogP contribution in [-0.4, -0.2) is 37.4 Å². The van der Waals surface area contributed by atoms with Gasteiger partial charge in [-0.15, -0.1) is 0 Å². The molecule has 1 heterocycles. The second kappa shape index (κ2) is 5.72. The minimum atomic E-state index is 0.188. The maximum atomic E-state index is 9.60. The van der Waals surface area contributed by atoms with E-state index in [0.717, 1.165) is 26.1 Å². The predicted octanol–water partition coefficient (Wildman–Crippen LogP) is 1.77. The lowest BCUT2D eigenvalue weighted by Crippen LogP contribution is -2.43. The average Bonchev–Trinajstić information content (AvgIpc) is 2.53. The molecule has 0 aliphatic carbocycles. The summed E-state index contributed by atoms with van der Waals surface area (Å²) in [6, 6.07) is 4.65. The molecule has 18 heavy (non-hydrogen) atoms. The van der Waals surface area contributed by atoms with E-state index in [1.165, 1.54) is 22.4 Å². The van der Waals surface area contributed by atoms with E-state index in [9.17, 15) is 5.11 Å². The third-order valence-electron chi connectivity index (χ3n) is 3.71. The number of aliphatic hydroxyl groups is 1. The van der Waals surface area contributed by atoms with Crippen molar-refractivity contribution in [1.29, 1.82) is 0 Å². The van der Waals surface area contributed by atoms with Crippen LogP contribution in [0.1, 0.15) is 23.1 Å². The Bertz CT molecular complexity index is 394. The first-order chi connectivity index (χ1) is 8.63. The van der Waals surface area contributed by atoms with Crippen LogP contribution in [0.4, 0.5) is 5.69 Å². The third kappa shape index (κ3) is 2.68. The molecule has 1 unspecified atom stereocenters. The molecule has 3 heteroatoms. The second-order valence-electron chi connectivity index (χ2n) is 5.33. The monoisotopic (exact) mass is 248 g/mol. The number of benzene rings is 1. The number of aryl methyl sites for hydroxylation is 3. The van der Waals surface area contributed by atoms with Gasteiger partial charge in [0.1, 0.15) is 0 Å². The highest BCUT2D eigenvalue weighted by molar-refractivity contribution is 5.61. The van der Waals surface area contributed by atoms with Crippen molar-refractivity contribution >= 4 is 5.69 Å². The first-order valence-corrected chi connectivity index (χ1v) is 6.79. The van der Waals surface area contributed by atoms with Gasteiger partial charge in [0.15, 0.2) is 0 Å². The maximum Gasteiger partial charge on any atom is 0.0647 e. The number of hydrogen-bond donors (Lipinski definition) is 2. The Kier molecular flexibility index (Phi) is 4.25. The molecule has 0 radical (unpaired) electrons. The van der Waals surface area contributed by atoms with Gasteiger partial charge in [-0.1, -0.05) is 17.7 Å². The highest BCUT2D eigenvalue weighted by Crippen LogP contribution is 2.28. The fourth-order valence-electron chi connectivity index (χ4n) is 3.02. The highest BCUT2D eigenvalue weighted by atomic mass is 16.3. The zero-order chi connectivity index (χ0) is 13.1. The van der Waals surface area contributed by atoms with Gasteiger partial charge < -0.3 is 15.3 Å². The van der Waals surface area contributed by atoms with Crippen molar-refractivity contribution in [3.8, 4) is 0 Å². The van der Waals surface area contributed by atoms with Gasteiger partial charge in [-0.05, 0) is 44.9 Å². The summed E-state index contributed by atoms with van der Waals surface area (Å²) in [5.74, 6) is 0. The number of rotatable bonds is 2. The summed E-state index contributed by atoms with van der Waals surface area (Å²) in [5, 5.41) is 13.0. The standard InChI is InChI=1S/C15H24N2O/c1-11-7-12(2)15(13(3)8-11)17-6-4-5-16-9-14(17)10-18/h7-8,14,16,18H,4-6,9-10H2,1-3H3. The summed E-state index contributed by atoms with van der Waals surface area (Å²) in [5.41, 5.74) is 5.24. The first kappa shape index (κ1) is 13.4. The number of nitrogens with zero attached hydrogens (tertiary/aromatic N) is 1. The SMILES string of the molecule is Cc1cc(C)c(N2CCCNCC2CO)c(C)c1. The molecule has 1 aromatic rings. The smallest absolute Gasteiger partial charge is 0.0647 e. The van der Waals surface area contributed by atoms with Crippen LogP contribution in [0, 0.1) is 20.8 Å². The van der Waals surface area contributed by atoms with Gasteiger partial charge in [-0.3, -0.25) is 0 Å². The topological polar surface area (TPSA) is 35.5 Å². The molecular formula is C15H24N2O. The minimum Gasteiger partial charge on any atom is -0.394 e. The molecule has 1 aromatic carbocycles. The molecule has 1 fully saturated rings. The van der Waals surface area contributed by atoms with E-state index in [2.05, 4.69) is 43.1 Å². The quantitative estimate of drug-likeness (QED) is 0.837. The van der Waals surface area contributed by atoms with Crippen LogP contribution in [0.25, 0.3) is 0 Å². The molecular weight excluding hydrogens is 224 g/mol. The molecule has 100 valence electrons. The molecule has 2 N–H and O–H groups in total. The van der Waals surface area contributed by atoms with Crippen LogP contribution in [0.2, 0.25) is 0 Å². The zero-order valence-electron chi connectivity index (χ0n) is 11.7. The fraction of sp³-hybridized carbons (Fsp3) is 0.600. The van der Waals surface area contributed by atoms with E-state index >= 15 is 0 Å². The molecule has 1 aliphatic heterocycles. The predicted molar refractivity (Wildman–Crippen MR) is 76.4 cm³/mol. The Hall–Kier alpha value is -1.06. The van der Waals surface area contributed by atoms with Gasteiger partial charge in [0.25, 0.3) is 0 Å². The lowest BCUT2D eigenvalue weighted by molar-refractivity contribution is 0.260. The van der Waals surface area contributed by atoms with Gasteiger partial charge >= 0.3 is 0 Å². The zero-order valence-corrected chi connectivity index (χ0v) is 11.7. The summed E-state index contributed by atoms with van der Waals surface area (Å²) in [6.07, 6.45) is 1.13. The van der Waals surface area contributed by atoms with Gasteiger partial charge in [0.05, 0.1) is 12.6 Å². The van der Waals surface area contributed by atoms with Gasteiger partial charge in [0, 0.05) is 18.8 Å². The van der Waals surface area contributed by atoms with Crippen LogP contribution >= 0.6 is 0 Å². The van der Waals surface area contributed by atoms with Crippen molar-refractivity contribution in [2.75, 3.05) is 31.1 Å². The number of hydrogen-bond acceptors (Lipinski definition) is 3. The average molecular weight is 248 g/mol. The molecule has 3 nitrogen and oxygen atoms in total. The summed E-state index contributed by atoms with van der Waals surface area (Å²) in [4.78, 5) is 2.38. The summed E-state index contributed by atoms with van der Waals surface area (Å²) >= 11 is 0. The van der Waals surface area contributed by atoms with Crippen LogP contribution in [0.15, 0.2) is 12.1 Å². The van der Waals surface area contributed by atoms with Gasteiger partial charge in [-0.25, -0.2) is 0 Å². The van der Waals surface area contributed by atoms with Crippen molar-refractivity contribution in [3.05, 3.63) is 28.8 Å². The molecule has 1 saturated heterocycles. The van der Waals surface area contributed by atoms with Gasteiger partial charge in [-0.2, -0.15) is 0 Å². The number of anilines is 1. The van der Waals surface area contributed by atoms with E-state index in [0.29, 0.717) is 0 Å². The summed E-state index contributed by atoms with van der Waals surface area (Å²) in [6.45, 7) is 9.60. The Morgan fingerprint density at radius 3 is 2.56 bits per heavy atom. The first-order valence-electron chi connectivity index (χ1n) is 6.79. The fourth-order valence-corrected chi connectivity index (χ4v) is 3.02. The Morgan fingerprint density at radius 1 is 1.28 bits per heavy atom. The lowest BCUT2D eigenvalue weighted by Gasteiger charge is -2.33. The minimum absolute atomic E-state index is 0.188. The van der Waals surface area contributed by atoms with Crippen molar-refractivity contribution in [2.24, 2.45) is 0 Å². The third-order valence-corrected chi connectivity index (χ3v) is 3.71. The lowest BCUT2D eigenvalue weighted by atomic mass is 10.0. The molecule has 1 atom stereocenters. The highest BCUT2D eigenvalue weighted by Gasteiger charge is 2.22. The largest absolute Gasteiger partial charge is 0.394 e. The van der Waals surface area contributed by atoms with E-state index in [4.69, 9.17) is 0 Å². The van der Waals surface area contributed by atoms with Crippen molar-refractivity contribution < 1.29 is 5.11 Å². The molecule has 0 bridgehead atoms. The van der Waals surface area contributed by atoms with E-state index in [-0.39, 0.29) is 12.6 Å². The summed E-state index contributed by atoms with van der Waals surface area (Å²) in [7, 11) is 0. The van der Waals surface area contributed by atoms with Crippen molar-refractivity contribution in [3.63, 3.8) is 0 Å². The van der Waals surface area contributed by atoms with Gasteiger partial charge in [0.2, 0.25) is 0 Å². The van der Waals surface area contributed by atoms with E-state index in [1.54, 1.807) is 0 Å².